The van der Waals surface area contributed by atoms with Crippen LogP contribution < -0.4 is 14.8 Å². The van der Waals surface area contributed by atoms with E-state index >= 15 is 0 Å². The maximum Gasteiger partial charge on any atom is 0.573 e. The van der Waals surface area contributed by atoms with Crippen molar-refractivity contribution in [2.75, 3.05) is 5.32 Å². The fraction of sp³-hybridized carbons (Fsp3) is 0.222. The summed E-state index contributed by atoms with van der Waals surface area (Å²) in [6.07, 6.45) is -4.83. The van der Waals surface area contributed by atoms with E-state index in [9.17, 15) is 22.8 Å². The average molecular weight is 367 g/mol. The molecule has 1 N–H and O–H groups in total. The summed E-state index contributed by atoms with van der Waals surface area (Å²) in [7, 11) is 0. The van der Waals surface area contributed by atoms with Gasteiger partial charge in [0.1, 0.15) is 11.5 Å². The van der Waals surface area contributed by atoms with Gasteiger partial charge in [-0.25, -0.2) is 4.79 Å². The Kier molecular flexibility index (Phi) is 5.86. The van der Waals surface area contributed by atoms with Crippen LogP contribution in [0.15, 0.2) is 48.5 Å². The van der Waals surface area contributed by atoms with Gasteiger partial charge < -0.3 is 14.8 Å². The molecular formula is C18H16F3NO4. The van der Waals surface area contributed by atoms with Crippen molar-refractivity contribution in [1.29, 1.82) is 0 Å². The number of alkyl halides is 3. The second-order valence-electron chi connectivity index (χ2n) is 5.63. The molecule has 0 atom stereocenters. The summed E-state index contributed by atoms with van der Waals surface area (Å²) in [5, 5.41) is 2.67. The van der Waals surface area contributed by atoms with Crippen LogP contribution in [0.5, 0.6) is 11.5 Å². The van der Waals surface area contributed by atoms with Crippen LogP contribution in [0.1, 0.15) is 24.2 Å². The van der Waals surface area contributed by atoms with Crippen molar-refractivity contribution in [2.45, 2.75) is 20.2 Å². The quantitative estimate of drug-likeness (QED) is 0.628. The Bertz CT molecular complexity index is 786. The number of halogens is 3. The molecule has 0 spiro atoms. The average Bonchev–Trinajstić information content (AvgIpc) is 2.54. The zero-order valence-electron chi connectivity index (χ0n) is 14.0. The molecule has 0 saturated heterocycles. The highest BCUT2D eigenvalue weighted by Gasteiger charge is 2.31. The lowest BCUT2D eigenvalue weighted by atomic mass is 10.1. The monoisotopic (exact) mass is 367 g/mol. The minimum absolute atomic E-state index is 0.0889. The van der Waals surface area contributed by atoms with Gasteiger partial charge in [0.2, 0.25) is 5.91 Å². The van der Waals surface area contributed by atoms with Crippen LogP contribution >= 0.6 is 0 Å². The lowest BCUT2D eigenvalue weighted by molar-refractivity contribution is -0.274. The zero-order valence-corrected chi connectivity index (χ0v) is 14.0. The molecule has 138 valence electrons. The standard InChI is InChI=1S/C18H16F3NO4/c1-11(2)16(23)22-13-8-6-12(7-9-13)17(24)25-14-4-3-5-15(10-14)26-18(19,20)21/h3-11H,1-2H3,(H,22,23). The van der Waals surface area contributed by atoms with E-state index in [4.69, 9.17) is 4.74 Å². The van der Waals surface area contributed by atoms with Crippen molar-refractivity contribution in [1.82, 2.24) is 0 Å². The summed E-state index contributed by atoms with van der Waals surface area (Å²) in [5.74, 6) is -1.69. The summed E-state index contributed by atoms with van der Waals surface area (Å²) in [5.41, 5.74) is 0.690. The van der Waals surface area contributed by atoms with Gasteiger partial charge in [-0.3, -0.25) is 4.79 Å². The number of carbonyl (C=O) groups excluding carboxylic acids is 2. The number of hydrogen-bond acceptors (Lipinski definition) is 4. The van der Waals surface area contributed by atoms with Gasteiger partial charge in [0.05, 0.1) is 5.56 Å². The summed E-state index contributed by atoms with van der Waals surface area (Å²) in [6, 6.07) is 10.6. The number of esters is 1. The van der Waals surface area contributed by atoms with E-state index in [2.05, 4.69) is 10.1 Å². The highest BCUT2D eigenvalue weighted by molar-refractivity contribution is 5.94. The van der Waals surface area contributed by atoms with Crippen molar-refractivity contribution in [3.63, 3.8) is 0 Å². The zero-order chi connectivity index (χ0) is 19.3. The maximum atomic E-state index is 12.2. The highest BCUT2D eigenvalue weighted by atomic mass is 19.4. The van der Waals surface area contributed by atoms with Crippen molar-refractivity contribution in [2.24, 2.45) is 5.92 Å². The lowest BCUT2D eigenvalue weighted by Crippen LogP contribution is -2.18. The molecular weight excluding hydrogens is 351 g/mol. The summed E-state index contributed by atoms with van der Waals surface area (Å²) >= 11 is 0. The number of anilines is 1. The number of amides is 1. The minimum Gasteiger partial charge on any atom is -0.423 e. The van der Waals surface area contributed by atoms with E-state index in [1.807, 2.05) is 0 Å². The first-order valence-corrected chi connectivity index (χ1v) is 7.63. The number of ether oxygens (including phenoxy) is 2. The molecule has 0 aliphatic rings. The molecule has 1 amide bonds. The molecule has 0 fully saturated rings. The lowest BCUT2D eigenvalue weighted by Gasteiger charge is -2.10. The molecule has 0 heterocycles. The van der Waals surface area contributed by atoms with Crippen LogP contribution in [0, 0.1) is 5.92 Å². The number of hydrogen-bond donors (Lipinski definition) is 1. The van der Waals surface area contributed by atoms with Gasteiger partial charge in [-0.15, -0.1) is 13.2 Å². The van der Waals surface area contributed by atoms with E-state index in [-0.39, 0.29) is 23.1 Å². The second kappa shape index (κ2) is 7.90. The fourth-order valence-electron chi connectivity index (χ4n) is 1.88. The predicted octanol–water partition coefficient (Wildman–Crippen LogP) is 4.40. The third-order valence-corrected chi connectivity index (χ3v) is 3.16. The van der Waals surface area contributed by atoms with Crippen molar-refractivity contribution < 1.29 is 32.2 Å². The molecule has 8 heteroatoms. The Labute approximate surface area is 147 Å². The van der Waals surface area contributed by atoms with Gasteiger partial charge in [-0.05, 0) is 36.4 Å². The van der Waals surface area contributed by atoms with Gasteiger partial charge in [0.25, 0.3) is 0 Å². The molecule has 26 heavy (non-hydrogen) atoms. The van der Waals surface area contributed by atoms with Gasteiger partial charge >= 0.3 is 12.3 Å². The molecule has 2 rings (SSSR count). The SMILES string of the molecule is CC(C)C(=O)Nc1ccc(C(=O)Oc2cccc(OC(F)(F)F)c2)cc1. The van der Waals surface area contributed by atoms with E-state index in [0.717, 1.165) is 12.1 Å². The Balaban J connectivity index is 2.04. The molecule has 0 radical (unpaired) electrons. The van der Waals surface area contributed by atoms with Crippen molar-refractivity contribution in [3.05, 3.63) is 54.1 Å². The molecule has 2 aromatic rings. The molecule has 0 aliphatic carbocycles. The van der Waals surface area contributed by atoms with Crippen LogP contribution in [-0.2, 0) is 4.79 Å². The number of benzene rings is 2. The Morgan fingerprint density at radius 3 is 2.19 bits per heavy atom. The number of carbonyl (C=O) groups is 2. The van der Waals surface area contributed by atoms with Crippen molar-refractivity contribution in [3.8, 4) is 11.5 Å². The first kappa shape index (κ1) is 19.3. The van der Waals surface area contributed by atoms with Crippen molar-refractivity contribution >= 4 is 17.6 Å². The smallest absolute Gasteiger partial charge is 0.423 e. The Morgan fingerprint density at radius 1 is 1.00 bits per heavy atom. The summed E-state index contributed by atoms with van der Waals surface area (Å²) in [6.45, 7) is 3.50. The molecule has 0 saturated carbocycles. The number of rotatable bonds is 5. The first-order chi connectivity index (χ1) is 12.1. The van der Waals surface area contributed by atoms with Crippen LogP contribution in [0.25, 0.3) is 0 Å². The molecule has 0 aromatic heterocycles. The van der Waals surface area contributed by atoms with Gasteiger partial charge in [-0.2, -0.15) is 0 Å². The largest absolute Gasteiger partial charge is 0.573 e. The third-order valence-electron chi connectivity index (χ3n) is 3.16. The van der Waals surface area contributed by atoms with Gasteiger partial charge in [0, 0.05) is 17.7 Å². The fourth-order valence-corrected chi connectivity index (χ4v) is 1.88. The summed E-state index contributed by atoms with van der Waals surface area (Å²) < 4.78 is 45.5. The molecule has 0 bridgehead atoms. The topological polar surface area (TPSA) is 64.6 Å². The predicted molar refractivity (Wildman–Crippen MR) is 88.0 cm³/mol. The van der Waals surface area contributed by atoms with Gasteiger partial charge in [0.15, 0.2) is 0 Å². The molecule has 0 aliphatic heterocycles. The normalized spacial score (nSPS) is 11.2. The third kappa shape index (κ3) is 5.80. The first-order valence-electron chi connectivity index (χ1n) is 7.63. The molecule has 0 unspecified atom stereocenters. The second-order valence-corrected chi connectivity index (χ2v) is 5.63. The summed E-state index contributed by atoms with van der Waals surface area (Å²) in [4.78, 5) is 23.7. The van der Waals surface area contributed by atoms with E-state index in [1.165, 1.54) is 36.4 Å². The Hall–Kier alpha value is -3.03. The molecule has 5 nitrogen and oxygen atoms in total. The number of nitrogens with one attached hydrogen (secondary N) is 1. The van der Waals surface area contributed by atoms with E-state index < -0.39 is 18.1 Å². The minimum atomic E-state index is -4.83. The van der Waals surface area contributed by atoms with Gasteiger partial charge in [-0.1, -0.05) is 19.9 Å². The van der Waals surface area contributed by atoms with Crippen LogP contribution in [0.2, 0.25) is 0 Å². The van der Waals surface area contributed by atoms with Crippen LogP contribution in [0.3, 0.4) is 0 Å². The van der Waals surface area contributed by atoms with E-state index in [1.54, 1.807) is 13.8 Å². The van der Waals surface area contributed by atoms with E-state index in [0.29, 0.717) is 5.69 Å². The Morgan fingerprint density at radius 2 is 1.62 bits per heavy atom. The maximum absolute atomic E-state index is 12.2. The van der Waals surface area contributed by atoms with Crippen LogP contribution in [0.4, 0.5) is 18.9 Å². The van der Waals surface area contributed by atoms with Crippen LogP contribution in [-0.4, -0.2) is 18.2 Å². The molecule has 2 aromatic carbocycles. The highest BCUT2D eigenvalue weighted by Crippen LogP contribution is 2.26.